The third kappa shape index (κ3) is 2.85. The van der Waals surface area contributed by atoms with E-state index in [0.717, 1.165) is 24.9 Å². The van der Waals surface area contributed by atoms with Crippen LogP contribution in [0.25, 0.3) is 0 Å². The molecule has 1 aliphatic heterocycles. The van der Waals surface area contributed by atoms with Crippen molar-refractivity contribution >= 4 is 29.1 Å². The summed E-state index contributed by atoms with van der Waals surface area (Å²) in [5.74, 6) is 0.103. The van der Waals surface area contributed by atoms with Crippen LogP contribution in [-0.2, 0) is 4.79 Å². The van der Waals surface area contributed by atoms with Gasteiger partial charge in [0, 0.05) is 18.9 Å². The zero-order chi connectivity index (χ0) is 15.7. The number of hydrogen-bond acceptors (Lipinski definition) is 2. The molecule has 3 rings (SSSR count). The van der Waals surface area contributed by atoms with Gasteiger partial charge in [0.1, 0.15) is 6.04 Å². The lowest BCUT2D eigenvalue weighted by Gasteiger charge is -2.28. The first kappa shape index (κ1) is 15.4. The lowest BCUT2D eigenvalue weighted by molar-refractivity contribution is -0.135. The zero-order valence-corrected chi connectivity index (χ0v) is 13.8. The second-order valence-corrected chi connectivity index (χ2v) is 6.36. The van der Waals surface area contributed by atoms with Gasteiger partial charge in [0.15, 0.2) is 0 Å². The van der Waals surface area contributed by atoms with Gasteiger partial charge in [-0.2, -0.15) is 0 Å². The highest BCUT2D eigenvalue weighted by molar-refractivity contribution is 6.42. The van der Waals surface area contributed by atoms with E-state index in [1.807, 2.05) is 34.7 Å². The monoisotopic (exact) mass is 337 g/mol. The van der Waals surface area contributed by atoms with Gasteiger partial charge in [0.2, 0.25) is 5.91 Å². The predicted molar refractivity (Wildman–Crippen MR) is 87.1 cm³/mol. The van der Waals surface area contributed by atoms with Crippen molar-refractivity contribution in [3.8, 4) is 0 Å². The molecule has 2 heterocycles. The highest BCUT2D eigenvalue weighted by Gasteiger charge is 2.33. The van der Waals surface area contributed by atoms with Crippen molar-refractivity contribution in [2.45, 2.75) is 31.8 Å². The van der Waals surface area contributed by atoms with E-state index in [0.29, 0.717) is 10.0 Å². The van der Waals surface area contributed by atoms with E-state index in [9.17, 15) is 4.79 Å². The molecule has 0 N–H and O–H groups in total. The molecule has 1 aliphatic rings. The molecule has 1 fully saturated rings. The van der Waals surface area contributed by atoms with Crippen LogP contribution in [-0.4, -0.2) is 26.9 Å². The Hall–Kier alpha value is -1.52. The minimum Gasteiger partial charge on any atom is -0.334 e. The Bertz CT molecular complexity index is 672. The van der Waals surface area contributed by atoms with Crippen molar-refractivity contribution in [1.29, 1.82) is 0 Å². The molecule has 0 aliphatic carbocycles. The van der Waals surface area contributed by atoms with Gasteiger partial charge in [-0.25, -0.2) is 4.98 Å². The highest BCUT2D eigenvalue weighted by Crippen LogP contribution is 2.36. The maximum atomic E-state index is 12.8. The van der Waals surface area contributed by atoms with Crippen LogP contribution in [0.3, 0.4) is 0 Å². The van der Waals surface area contributed by atoms with Gasteiger partial charge in [0.05, 0.1) is 22.4 Å². The Kier molecular flexibility index (Phi) is 4.41. The van der Waals surface area contributed by atoms with E-state index in [-0.39, 0.29) is 18.0 Å². The molecule has 4 nitrogen and oxygen atoms in total. The molecule has 1 amide bonds. The number of nitrogens with zero attached hydrogens (tertiary/aromatic N) is 3. The van der Waals surface area contributed by atoms with Crippen molar-refractivity contribution < 1.29 is 4.79 Å². The maximum absolute atomic E-state index is 12.8. The summed E-state index contributed by atoms with van der Waals surface area (Å²) in [5.41, 5.74) is 1.04. The van der Waals surface area contributed by atoms with Crippen LogP contribution in [0.15, 0.2) is 36.9 Å². The molecule has 0 radical (unpaired) electrons. The van der Waals surface area contributed by atoms with E-state index in [4.69, 9.17) is 23.2 Å². The van der Waals surface area contributed by atoms with Crippen LogP contribution in [0.2, 0.25) is 10.0 Å². The van der Waals surface area contributed by atoms with Gasteiger partial charge in [-0.3, -0.25) is 4.79 Å². The van der Waals surface area contributed by atoms with E-state index in [1.165, 1.54) is 0 Å². The number of likely N-dealkylation sites (tertiary alicyclic amines) is 1. The molecular weight excluding hydrogens is 321 g/mol. The molecule has 1 aromatic carbocycles. The number of benzene rings is 1. The molecule has 116 valence electrons. The topological polar surface area (TPSA) is 38.1 Å². The molecule has 2 atom stereocenters. The number of hydrogen-bond donors (Lipinski definition) is 0. The molecular formula is C16H17Cl2N3O. The summed E-state index contributed by atoms with van der Waals surface area (Å²) in [6, 6.07) is 5.41. The lowest BCUT2D eigenvalue weighted by atomic mass is 10.0. The van der Waals surface area contributed by atoms with Gasteiger partial charge < -0.3 is 9.47 Å². The first-order valence-corrected chi connectivity index (χ1v) is 8.06. The standard InChI is InChI=1S/C16H17Cl2N3O/c1-11(20-8-6-19-10-20)16(22)21-7-2-3-15(21)12-4-5-13(17)14(18)9-12/h4-6,8-11,15H,2-3,7H2,1H3/t11-,15-/m1/s1. The number of imidazole rings is 1. The fourth-order valence-corrected chi connectivity index (χ4v) is 3.27. The average molecular weight is 338 g/mol. The fourth-order valence-electron chi connectivity index (χ4n) is 2.96. The number of carbonyl (C=O) groups is 1. The van der Waals surface area contributed by atoms with Gasteiger partial charge in [-0.1, -0.05) is 29.3 Å². The van der Waals surface area contributed by atoms with Crippen LogP contribution < -0.4 is 0 Å². The van der Waals surface area contributed by atoms with Crippen LogP contribution in [0.5, 0.6) is 0 Å². The van der Waals surface area contributed by atoms with Gasteiger partial charge in [-0.05, 0) is 37.5 Å². The third-order valence-electron chi connectivity index (χ3n) is 4.19. The molecule has 1 saturated heterocycles. The van der Waals surface area contributed by atoms with E-state index < -0.39 is 0 Å². The zero-order valence-electron chi connectivity index (χ0n) is 12.2. The molecule has 0 bridgehead atoms. The van der Waals surface area contributed by atoms with Crippen LogP contribution >= 0.6 is 23.2 Å². The predicted octanol–water partition coefficient (Wildman–Crippen LogP) is 4.11. The summed E-state index contributed by atoms with van der Waals surface area (Å²) >= 11 is 12.1. The Balaban J connectivity index is 1.83. The molecule has 0 saturated carbocycles. The Labute approximate surface area is 139 Å². The molecule has 1 aromatic heterocycles. The first-order chi connectivity index (χ1) is 10.6. The lowest BCUT2D eigenvalue weighted by Crippen LogP contribution is -2.35. The summed E-state index contributed by atoms with van der Waals surface area (Å²) in [6.45, 7) is 2.66. The number of amides is 1. The molecule has 22 heavy (non-hydrogen) atoms. The first-order valence-electron chi connectivity index (χ1n) is 7.31. The van der Waals surface area contributed by atoms with Crippen LogP contribution in [0.1, 0.15) is 37.4 Å². The summed E-state index contributed by atoms with van der Waals surface area (Å²) in [6.07, 6.45) is 7.11. The Morgan fingerprint density at radius 3 is 2.86 bits per heavy atom. The minimum atomic E-state index is -0.258. The molecule has 0 unspecified atom stereocenters. The number of halogens is 2. The summed E-state index contributed by atoms with van der Waals surface area (Å²) in [4.78, 5) is 18.7. The quantitative estimate of drug-likeness (QED) is 0.845. The minimum absolute atomic E-state index is 0.0632. The van der Waals surface area contributed by atoms with E-state index >= 15 is 0 Å². The molecule has 6 heteroatoms. The van der Waals surface area contributed by atoms with Gasteiger partial charge in [0.25, 0.3) is 0 Å². The second kappa shape index (κ2) is 6.31. The van der Waals surface area contributed by atoms with Crippen LogP contribution in [0.4, 0.5) is 0 Å². The van der Waals surface area contributed by atoms with E-state index in [2.05, 4.69) is 4.98 Å². The SMILES string of the molecule is C[C@H](C(=O)N1CCC[C@@H]1c1ccc(Cl)c(Cl)c1)n1ccnc1. The van der Waals surface area contributed by atoms with Gasteiger partial charge in [-0.15, -0.1) is 0 Å². The number of aromatic nitrogens is 2. The summed E-state index contributed by atoms with van der Waals surface area (Å²) in [5, 5.41) is 1.06. The molecule has 0 spiro atoms. The maximum Gasteiger partial charge on any atom is 0.245 e. The summed E-state index contributed by atoms with van der Waals surface area (Å²) in [7, 11) is 0. The highest BCUT2D eigenvalue weighted by atomic mass is 35.5. The average Bonchev–Trinajstić information content (AvgIpc) is 3.19. The van der Waals surface area contributed by atoms with Crippen molar-refractivity contribution in [1.82, 2.24) is 14.5 Å². The normalized spacial score (nSPS) is 19.4. The van der Waals surface area contributed by atoms with Crippen molar-refractivity contribution in [3.63, 3.8) is 0 Å². The van der Waals surface area contributed by atoms with Crippen molar-refractivity contribution in [2.24, 2.45) is 0 Å². The fraction of sp³-hybridized carbons (Fsp3) is 0.375. The second-order valence-electron chi connectivity index (χ2n) is 5.55. The number of rotatable bonds is 3. The van der Waals surface area contributed by atoms with Gasteiger partial charge >= 0.3 is 0 Å². The van der Waals surface area contributed by atoms with E-state index in [1.54, 1.807) is 18.6 Å². The smallest absolute Gasteiger partial charge is 0.245 e. The Morgan fingerprint density at radius 2 is 2.18 bits per heavy atom. The Morgan fingerprint density at radius 1 is 1.36 bits per heavy atom. The van der Waals surface area contributed by atoms with Crippen molar-refractivity contribution in [2.75, 3.05) is 6.54 Å². The largest absolute Gasteiger partial charge is 0.334 e. The third-order valence-corrected chi connectivity index (χ3v) is 4.93. The van der Waals surface area contributed by atoms with Crippen LogP contribution in [0, 0.1) is 0 Å². The molecule has 2 aromatic rings. The number of carbonyl (C=O) groups excluding carboxylic acids is 1. The van der Waals surface area contributed by atoms with Crippen molar-refractivity contribution in [3.05, 3.63) is 52.5 Å². The summed E-state index contributed by atoms with van der Waals surface area (Å²) < 4.78 is 1.83.